The number of ether oxygens (including phenoxy) is 1. The minimum atomic E-state index is -0.584. The lowest BCUT2D eigenvalue weighted by atomic mass is 10.1. The van der Waals surface area contributed by atoms with Gasteiger partial charge in [0.15, 0.2) is 5.70 Å². The Morgan fingerprint density at radius 2 is 1.79 bits per heavy atom. The van der Waals surface area contributed by atoms with Gasteiger partial charge in [0.2, 0.25) is 5.90 Å². The summed E-state index contributed by atoms with van der Waals surface area (Å²) in [5.74, 6) is 0.309. The van der Waals surface area contributed by atoms with E-state index < -0.39 is 10.9 Å². The molecule has 1 aliphatic heterocycles. The van der Waals surface area contributed by atoms with Crippen molar-refractivity contribution in [3.8, 4) is 11.3 Å². The first-order valence-electron chi connectivity index (χ1n) is 8.44. The van der Waals surface area contributed by atoms with Gasteiger partial charge in [0, 0.05) is 17.7 Å². The second-order valence-electron chi connectivity index (χ2n) is 6.18. The molecule has 0 atom stereocenters. The largest absolute Gasteiger partial charge is 0.456 e. The van der Waals surface area contributed by atoms with E-state index in [1.54, 1.807) is 30.3 Å². The minimum absolute atomic E-state index is 0.0593. The van der Waals surface area contributed by atoms with Crippen LogP contribution in [0.15, 0.2) is 75.8 Å². The van der Waals surface area contributed by atoms with Crippen LogP contribution in [0.2, 0.25) is 0 Å². The van der Waals surface area contributed by atoms with E-state index in [2.05, 4.69) is 4.99 Å². The molecule has 28 heavy (non-hydrogen) atoms. The third-order valence-electron chi connectivity index (χ3n) is 4.19. The van der Waals surface area contributed by atoms with Crippen molar-refractivity contribution in [2.45, 2.75) is 6.92 Å². The Hall–Kier alpha value is -4.00. The van der Waals surface area contributed by atoms with Crippen LogP contribution in [0.25, 0.3) is 17.4 Å². The van der Waals surface area contributed by atoms with Crippen LogP contribution in [0.5, 0.6) is 0 Å². The van der Waals surface area contributed by atoms with Crippen molar-refractivity contribution in [1.82, 2.24) is 0 Å². The Balaban J connectivity index is 1.65. The van der Waals surface area contributed by atoms with Gasteiger partial charge in [0.1, 0.15) is 11.5 Å². The Labute approximate surface area is 159 Å². The summed E-state index contributed by atoms with van der Waals surface area (Å²) >= 11 is 0. The van der Waals surface area contributed by atoms with Crippen LogP contribution in [0.1, 0.15) is 16.9 Å². The summed E-state index contributed by atoms with van der Waals surface area (Å²) in [5.41, 5.74) is 2.18. The number of para-hydroxylation sites is 1. The maximum Gasteiger partial charge on any atom is 0.363 e. The molecule has 0 bridgehead atoms. The summed E-state index contributed by atoms with van der Waals surface area (Å²) in [5, 5.41) is 11.2. The summed E-state index contributed by atoms with van der Waals surface area (Å²) in [6.07, 6.45) is 1.45. The van der Waals surface area contributed by atoms with E-state index >= 15 is 0 Å². The molecular weight excluding hydrogens is 360 g/mol. The molecule has 0 spiro atoms. The number of furan rings is 1. The zero-order valence-electron chi connectivity index (χ0n) is 14.8. The third-order valence-corrected chi connectivity index (χ3v) is 4.19. The van der Waals surface area contributed by atoms with Crippen molar-refractivity contribution in [2.75, 3.05) is 0 Å². The van der Waals surface area contributed by atoms with Gasteiger partial charge >= 0.3 is 5.97 Å². The van der Waals surface area contributed by atoms with E-state index in [1.807, 2.05) is 31.2 Å². The van der Waals surface area contributed by atoms with Crippen molar-refractivity contribution in [3.63, 3.8) is 0 Å². The van der Waals surface area contributed by atoms with Gasteiger partial charge in [-0.15, -0.1) is 0 Å². The molecule has 0 amide bonds. The van der Waals surface area contributed by atoms with Crippen LogP contribution in [0.4, 0.5) is 5.69 Å². The topological polar surface area (TPSA) is 94.9 Å². The fraction of sp³-hybridized carbons (Fsp3) is 0.0476. The number of carbonyl (C=O) groups is 1. The predicted molar refractivity (Wildman–Crippen MR) is 103 cm³/mol. The molecule has 3 aromatic rings. The van der Waals surface area contributed by atoms with Crippen molar-refractivity contribution in [2.24, 2.45) is 4.99 Å². The Kier molecular flexibility index (Phi) is 4.33. The summed E-state index contributed by atoms with van der Waals surface area (Å²) in [7, 11) is 0. The molecule has 0 aliphatic carbocycles. The second kappa shape index (κ2) is 6.96. The van der Waals surface area contributed by atoms with Crippen LogP contribution in [0, 0.1) is 17.0 Å². The summed E-state index contributed by atoms with van der Waals surface area (Å²) < 4.78 is 10.9. The SMILES string of the molecule is Cc1ccc(C2=N/C(=C\c3ccc(-c4ccccc4[N+](=O)[O-])o3)C(=O)O2)cc1. The molecule has 7 heteroatoms. The molecule has 138 valence electrons. The number of benzene rings is 2. The van der Waals surface area contributed by atoms with Crippen LogP contribution in [-0.4, -0.2) is 16.8 Å². The average Bonchev–Trinajstić information content (AvgIpc) is 3.30. The smallest absolute Gasteiger partial charge is 0.363 e. The molecule has 1 aromatic heterocycles. The number of aryl methyl sites for hydroxylation is 1. The number of aliphatic imine (C=N–C) groups is 1. The summed E-state index contributed by atoms with van der Waals surface area (Å²) in [4.78, 5) is 27.1. The van der Waals surface area contributed by atoms with E-state index in [0.717, 1.165) is 5.56 Å². The molecule has 0 saturated heterocycles. The minimum Gasteiger partial charge on any atom is -0.456 e. The van der Waals surface area contributed by atoms with Crippen molar-refractivity contribution in [3.05, 3.63) is 93.4 Å². The number of hydrogen-bond donors (Lipinski definition) is 0. The van der Waals surface area contributed by atoms with E-state index in [4.69, 9.17) is 9.15 Å². The van der Waals surface area contributed by atoms with Crippen LogP contribution in [-0.2, 0) is 9.53 Å². The van der Waals surface area contributed by atoms with Gasteiger partial charge in [-0.1, -0.05) is 29.8 Å². The van der Waals surface area contributed by atoms with Crippen LogP contribution in [0.3, 0.4) is 0 Å². The van der Waals surface area contributed by atoms with Gasteiger partial charge in [0.05, 0.1) is 10.5 Å². The zero-order chi connectivity index (χ0) is 19.7. The maximum absolute atomic E-state index is 12.1. The molecule has 2 heterocycles. The normalized spacial score (nSPS) is 14.8. The highest BCUT2D eigenvalue weighted by Crippen LogP contribution is 2.31. The Bertz CT molecular complexity index is 1140. The van der Waals surface area contributed by atoms with E-state index in [1.165, 1.54) is 12.1 Å². The van der Waals surface area contributed by atoms with Crippen LogP contribution >= 0.6 is 0 Å². The molecule has 0 fully saturated rings. The first-order valence-corrected chi connectivity index (χ1v) is 8.44. The first kappa shape index (κ1) is 17.4. The Morgan fingerprint density at radius 1 is 1.04 bits per heavy atom. The van der Waals surface area contributed by atoms with E-state index in [9.17, 15) is 14.9 Å². The van der Waals surface area contributed by atoms with E-state index in [-0.39, 0.29) is 17.3 Å². The molecule has 1 aliphatic rings. The number of esters is 1. The highest BCUT2D eigenvalue weighted by Gasteiger charge is 2.25. The quantitative estimate of drug-likeness (QED) is 0.290. The molecule has 0 unspecified atom stereocenters. The molecule has 0 N–H and O–H groups in total. The predicted octanol–water partition coefficient (Wildman–Crippen LogP) is 4.51. The maximum atomic E-state index is 12.1. The highest BCUT2D eigenvalue weighted by molar-refractivity contribution is 6.12. The molecule has 0 radical (unpaired) electrons. The number of carbonyl (C=O) groups excluding carboxylic acids is 1. The zero-order valence-corrected chi connectivity index (χ0v) is 14.8. The number of nitro groups is 1. The second-order valence-corrected chi connectivity index (χ2v) is 6.18. The van der Waals surface area contributed by atoms with Crippen molar-refractivity contribution in [1.29, 1.82) is 0 Å². The lowest BCUT2D eigenvalue weighted by molar-refractivity contribution is -0.384. The van der Waals surface area contributed by atoms with Gasteiger partial charge in [-0.3, -0.25) is 10.1 Å². The third kappa shape index (κ3) is 3.33. The fourth-order valence-electron chi connectivity index (χ4n) is 2.78. The standard InChI is InChI=1S/C21H14N2O5/c1-13-6-8-14(9-7-13)20-22-17(21(24)28-20)12-15-10-11-19(27-15)16-4-2-3-5-18(16)23(25)26/h2-12H,1H3/b17-12-. The molecule has 2 aromatic carbocycles. The van der Waals surface area contributed by atoms with Gasteiger partial charge in [-0.2, -0.15) is 0 Å². The average molecular weight is 374 g/mol. The number of nitro benzene ring substituents is 1. The summed E-state index contributed by atoms with van der Waals surface area (Å²) in [6, 6.07) is 17.0. The van der Waals surface area contributed by atoms with E-state index in [0.29, 0.717) is 22.6 Å². The lowest BCUT2D eigenvalue weighted by Gasteiger charge is -1.99. The number of nitrogens with zero attached hydrogens (tertiary/aromatic N) is 2. The van der Waals surface area contributed by atoms with Gasteiger partial charge < -0.3 is 9.15 Å². The van der Waals surface area contributed by atoms with Crippen LogP contribution < -0.4 is 0 Å². The van der Waals surface area contributed by atoms with Gasteiger partial charge in [-0.25, -0.2) is 9.79 Å². The van der Waals surface area contributed by atoms with Gasteiger partial charge in [0.25, 0.3) is 5.69 Å². The molecule has 7 nitrogen and oxygen atoms in total. The number of cyclic esters (lactones) is 1. The molecule has 0 saturated carbocycles. The number of rotatable bonds is 4. The van der Waals surface area contributed by atoms with Gasteiger partial charge in [-0.05, 0) is 37.3 Å². The lowest BCUT2D eigenvalue weighted by Crippen LogP contribution is -2.05. The highest BCUT2D eigenvalue weighted by atomic mass is 16.6. The fourth-order valence-corrected chi connectivity index (χ4v) is 2.78. The van der Waals surface area contributed by atoms with Crippen molar-refractivity contribution < 1.29 is 18.9 Å². The Morgan fingerprint density at radius 3 is 2.54 bits per heavy atom. The molecule has 4 rings (SSSR count). The first-order chi connectivity index (χ1) is 13.5. The number of hydrogen-bond acceptors (Lipinski definition) is 6. The summed E-state index contributed by atoms with van der Waals surface area (Å²) in [6.45, 7) is 1.96. The molecular formula is C21H14N2O5. The van der Waals surface area contributed by atoms with Crippen molar-refractivity contribution >= 4 is 23.6 Å². The monoisotopic (exact) mass is 374 g/mol.